The monoisotopic (exact) mass is 395 g/mol. The first-order chi connectivity index (χ1) is 14.2. The van der Waals surface area contributed by atoms with Gasteiger partial charge in [-0.2, -0.15) is 0 Å². The van der Waals surface area contributed by atoms with Crippen LogP contribution in [0, 0.1) is 5.92 Å². The number of benzene rings is 1. The molecular weight excluding hydrogens is 370 g/mol. The number of hydrogen-bond acceptors (Lipinski definition) is 5. The molecule has 0 unspecified atom stereocenters. The van der Waals surface area contributed by atoms with Crippen LogP contribution in [0.25, 0.3) is 0 Å². The van der Waals surface area contributed by atoms with Gasteiger partial charge in [0.2, 0.25) is 0 Å². The van der Waals surface area contributed by atoms with Crippen molar-refractivity contribution >= 4 is 5.91 Å². The van der Waals surface area contributed by atoms with Crippen LogP contribution in [0.4, 0.5) is 0 Å². The third-order valence-corrected chi connectivity index (χ3v) is 6.05. The molecule has 0 atom stereocenters. The zero-order valence-electron chi connectivity index (χ0n) is 16.4. The van der Waals surface area contributed by atoms with Gasteiger partial charge in [-0.05, 0) is 43.7 Å². The Balaban J connectivity index is 1.22. The van der Waals surface area contributed by atoms with Crippen molar-refractivity contribution in [1.82, 2.24) is 14.5 Å². The lowest BCUT2D eigenvalue weighted by atomic mass is 9.96. The molecule has 7 heteroatoms. The van der Waals surface area contributed by atoms with Crippen LogP contribution < -0.4 is 15.0 Å². The summed E-state index contributed by atoms with van der Waals surface area (Å²) in [5.41, 5.74) is 1.54. The maximum absolute atomic E-state index is 13.0. The second-order valence-electron chi connectivity index (χ2n) is 8.14. The minimum Gasteiger partial charge on any atom is -0.486 e. The molecule has 152 valence electrons. The van der Waals surface area contributed by atoms with Crippen molar-refractivity contribution in [3.63, 3.8) is 0 Å². The molecule has 5 rings (SSSR count). The third-order valence-electron chi connectivity index (χ3n) is 6.05. The minimum absolute atomic E-state index is 0.0154. The van der Waals surface area contributed by atoms with E-state index >= 15 is 0 Å². The lowest BCUT2D eigenvalue weighted by molar-refractivity contribution is 0.0672. The summed E-state index contributed by atoms with van der Waals surface area (Å²) in [6.07, 6.45) is 5.72. The number of likely N-dealkylation sites (tertiary alicyclic amines) is 1. The highest BCUT2D eigenvalue weighted by atomic mass is 16.6. The first-order valence-corrected chi connectivity index (χ1v) is 10.4. The Morgan fingerprint density at radius 2 is 1.90 bits per heavy atom. The number of nitrogens with zero attached hydrogens (tertiary/aromatic N) is 3. The van der Waals surface area contributed by atoms with Gasteiger partial charge in [-0.3, -0.25) is 14.2 Å². The Morgan fingerprint density at radius 1 is 1.10 bits per heavy atom. The fourth-order valence-corrected chi connectivity index (χ4v) is 4.19. The summed E-state index contributed by atoms with van der Waals surface area (Å²) in [5.74, 6) is 2.04. The summed E-state index contributed by atoms with van der Waals surface area (Å²) in [5, 5.41) is 0. The molecule has 1 amide bonds. The maximum atomic E-state index is 13.0. The molecule has 0 radical (unpaired) electrons. The second kappa shape index (κ2) is 7.54. The number of rotatable bonds is 4. The third kappa shape index (κ3) is 3.73. The van der Waals surface area contributed by atoms with E-state index < -0.39 is 0 Å². The van der Waals surface area contributed by atoms with Crippen LogP contribution in [0.1, 0.15) is 47.7 Å². The summed E-state index contributed by atoms with van der Waals surface area (Å²) >= 11 is 0. The molecular formula is C22H25N3O4. The Kier molecular flexibility index (Phi) is 4.73. The Hall–Kier alpha value is -2.83. The number of piperidine rings is 1. The first kappa shape index (κ1) is 18.2. The zero-order chi connectivity index (χ0) is 19.8. The quantitative estimate of drug-likeness (QED) is 0.795. The van der Waals surface area contributed by atoms with Crippen molar-refractivity contribution in [2.24, 2.45) is 5.92 Å². The Morgan fingerprint density at radius 3 is 2.66 bits per heavy atom. The number of amides is 1. The molecule has 1 aliphatic carbocycles. The van der Waals surface area contributed by atoms with Gasteiger partial charge in [0.05, 0.1) is 17.6 Å². The topological polar surface area (TPSA) is 73.7 Å². The average molecular weight is 395 g/mol. The van der Waals surface area contributed by atoms with Crippen molar-refractivity contribution in [2.45, 2.75) is 38.1 Å². The van der Waals surface area contributed by atoms with E-state index in [0.717, 1.165) is 31.4 Å². The van der Waals surface area contributed by atoms with E-state index in [0.29, 0.717) is 61.7 Å². The van der Waals surface area contributed by atoms with E-state index in [2.05, 4.69) is 4.98 Å². The Labute approximate surface area is 169 Å². The fraction of sp³-hybridized carbons (Fsp3) is 0.500. The summed E-state index contributed by atoms with van der Waals surface area (Å²) in [6.45, 7) is 2.98. The average Bonchev–Trinajstić information content (AvgIpc) is 3.60. The molecule has 3 heterocycles. The summed E-state index contributed by atoms with van der Waals surface area (Å²) in [7, 11) is 0. The highest BCUT2D eigenvalue weighted by Gasteiger charge is 2.29. The molecule has 7 nitrogen and oxygen atoms in total. The van der Waals surface area contributed by atoms with E-state index in [1.54, 1.807) is 23.0 Å². The normalized spacial score (nSPS) is 19.2. The van der Waals surface area contributed by atoms with Gasteiger partial charge in [0, 0.05) is 31.6 Å². The highest BCUT2D eigenvalue weighted by molar-refractivity contribution is 5.98. The summed E-state index contributed by atoms with van der Waals surface area (Å²) < 4.78 is 13.0. The van der Waals surface area contributed by atoms with Crippen LogP contribution in [0.15, 0.2) is 35.4 Å². The van der Waals surface area contributed by atoms with E-state index in [4.69, 9.17) is 9.47 Å². The van der Waals surface area contributed by atoms with E-state index in [-0.39, 0.29) is 11.5 Å². The summed E-state index contributed by atoms with van der Waals surface area (Å²) in [4.78, 5) is 31.7. The number of ether oxygens (including phenoxy) is 2. The number of aromatic nitrogens is 2. The van der Waals surface area contributed by atoms with Crippen molar-refractivity contribution in [1.29, 1.82) is 0 Å². The minimum atomic E-state index is -0.0154. The van der Waals surface area contributed by atoms with Crippen molar-refractivity contribution in [2.75, 3.05) is 26.3 Å². The maximum Gasteiger partial charge on any atom is 0.257 e. The fourth-order valence-electron chi connectivity index (χ4n) is 4.19. The van der Waals surface area contributed by atoms with Crippen LogP contribution in [0.2, 0.25) is 0 Å². The first-order valence-electron chi connectivity index (χ1n) is 10.4. The molecule has 1 saturated heterocycles. The molecule has 1 saturated carbocycles. The predicted molar refractivity (Wildman–Crippen MR) is 107 cm³/mol. The molecule has 1 aromatic carbocycles. The Bertz CT molecular complexity index is 974. The van der Waals surface area contributed by atoms with E-state index in [9.17, 15) is 9.59 Å². The van der Waals surface area contributed by atoms with Gasteiger partial charge in [-0.25, -0.2) is 4.98 Å². The van der Waals surface area contributed by atoms with Gasteiger partial charge in [-0.15, -0.1) is 0 Å². The number of carbonyl (C=O) groups is 1. The van der Waals surface area contributed by atoms with Crippen LogP contribution in [-0.2, 0) is 6.54 Å². The second-order valence-corrected chi connectivity index (χ2v) is 8.14. The predicted octanol–water partition coefficient (Wildman–Crippen LogP) is 2.44. The molecule has 0 bridgehead atoms. The summed E-state index contributed by atoms with van der Waals surface area (Å²) in [6, 6.07) is 7.15. The van der Waals surface area contributed by atoms with E-state index in [1.165, 1.54) is 0 Å². The van der Waals surface area contributed by atoms with E-state index in [1.807, 2.05) is 17.0 Å². The highest BCUT2D eigenvalue weighted by Crippen LogP contribution is 2.38. The molecule has 0 spiro atoms. The number of para-hydroxylation sites is 1. The standard InChI is InChI=1S/C22H25N3O4/c26-20-12-18(16-4-5-16)23-14-25(20)13-15-6-8-24(9-7-15)22(27)17-2-1-3-19-21(17)29-11-10-28-19/h1-3,12,14-16H,4-11,13H2. The molecule has 3 aliphatic rings. The van der Waals surface area contributed by atoms with Gasteiger partial charge in [-0.1, -0.05) is 6.07 Å². The molecule has 1 aromatic heterocycles. The van der Waals surface area contributed by atoms with Gasteiger partial charge in [0.1, 0.15) is 13.2 Å². The smallest absolute Gasteiger partial charge is 0.257 e. The van der Waals surface area contributed by atoms with Gasteiger partial charge < -0.3 is 14.4 Å². The van der Waals surface area contributed by atoms with Crippen molar-refractivity contribution < 1.29 is 14.3 Å². The zero-order valence-corrected chi connectivity index (χ0v) is 16.4. The van der Waals surface area contributed by atoms with Crippen molar-refractivity contribution in [3.05, 3.63) is 52.2 Å². The van der Waals surface area contributed by atoms with Crippen molar-refractivity contribution in [3.8, 4) is 11.5 Å². The van der Waals surface area contributed by atoms with Gasteiger partial charge in [0.25, 0.3) is 11.5 Å². The lowest BCUT2D eigenvalue weighted by Gasteiger charge is -2.33. The number of hydrogen-bond donors (Lipinski definition) is 0. The number of carbonyl (C=O) groups excluding carboxylic acids is 1. The molecule has 0 N–H and O–H groups in total. The molecule has 2 aliphatic heterocycles. The van der Waals surface area contributed by atoms with Gasteiger partial charge in [0.15, 0.2) is 11.5 Å². The SMILES string of the molecule is O=C(c1cccc2c1OCCO2)N1CCC(Cn2cnc(C3CC3)cc2=O)CC1. The molecule has 2 aromatic rings. The number of fused-ring (bicyclic) bond motifs is 1. The molecule has 29 heavy (non-hydrogen) atoms. The van der Waals surface area contributed by atoms with Gasteiger partial charge >= 0.3 is 0 Å². The van der Waals surface area contributed by atoms with Crippen LogP contribution in [0.5, 0.6) is 11.5 Å². The molecule has 2 fully saturated rings. The van der Waals surface area contributed by atoms with Crippen LogP contribution >= 0.6 is 0 Å². The van der Waals surface area contributed by atoms with Crippen LogP contribution in [0.3, 0.4) is 0 Å². The van der Waals surface area contributed by atoms with Crippen LogP contribution in [-0.4, -0.2) is 46.7 Å². The lowest BCUT2D eigenvalue weighted by Crippen LogP contribution is -2.40. The largest absolute Gasteiger partial charge is 0.486 e.